The highest BCUT2D eigenvalue weighted by atomic mass is 35.5. The molecular formula is C16H18ClNO. The number of anilines is 1. The maximum absolute atomic E-state index is 6.10. The van der Waals surface area contributed by atoms with E-state index in [9.17, 15) is 0 Å². The Morgan fingerprint density at radius 3 is 2.53 bits per heavy atom. The second-order valence-corrected chi connectivity index (χ2v) is 4.95. The number of nitrogens with one attached hydrogen (secondary N) is 1. The number of ether oxygens (including phenoxy) is 1. The minimum atomic E-state index is 0.446. The third-order valence-corrected chi connectivity index (χ3v) is 3.43. The zero-order valence-electron chi connectivity index (χ0n) is 11.2. The minimum Gasteiger partial charge on any atom is -0.495 e. The van der Waals surface area contributed by atoms with Crippen LogP contribution in [-0.2, 0) is 0 Å². The fourth-order valence-electron chi connectivity index (χ4n) is 1.95. The number of rotatable bonds is 5. The highest BCUT2D eigenvalue weighted by Crippen LogP contribution is 2.27. The molecule has 0 aliphatic rings. The Kier molecular flexibility index (Phi) is 4.69. The molecule has 2 nitrogen and oxygen atoms in total. The zero-order valence-corrected chi connectivity index (χ0v) is 11.9. The van der Waals surface area contributed by atoms with E-state index in [2.05, 4.69) is 36.5 Å². The van der Waals surface area contributed by atoms with Gasteiger partial charge in [-0.2, -0.15) is 0 Å². The fraction of sp³-hybridized carbons (Fsp3) is 0.250. The molecule has 0 aliphatic carbocycles. The molecular weight excluding hydrogens is 258 g/mol. The maximum Gasteiger partial charge on any atom is 0.137 e. The molecule has 2 rings (SSSR count). The second-order valence-electron chi connectivity index (χ2n) is 4.54. The van der Waals surface area contributed by atoms with Crippen molar-refractivity contribution in [3.8, 4) is 5.75 Å². The molecule has 2 aromatic carbocycles. The predicted octanol–water partition coefficient (Wildman–Crippen LogP) is 4.56. The van der Waals surface area contributed by atoms with Gasteiger partial charge >= 0.3 is 0 Å². The van der Waals surface area contributed by atoms with Gasteiger partial charge in [0.05, 0.1) is 12.1 Å². The van der Waals surface area contributed by atoms with E-state index in [1.807, 2.05) is 24.3 Å². The zero-order chi connectivity index (χ0) is 13.7. The molecule has 0 fully saturated rings. The van der Waals surface area contributed by atoms with E-state index in [0.29, 0.717) is 16.7 Å². The van der Waals surface area contributed by atoms with Gasteiger partial charge in [0.25, 0.3) is 0 Å². The molecule has 2 aromatic rings. The van der Waals surface area contributed by atoms with Gasteiger partial charge in [-0.15, -0.1) is 0 Å². The van der Waals surface area contributed by atoms with Gasteiger partial charge < -0.3 is 10.1 Å². The van der Waals surface area contributed by atoms with Gasteiger partial charge in [0.2, 0.25) is 0 Å². The number of methoxy groups -OCH3 is 1. The molecule has 3 heteroatoms. The van der Waals surface area contributed by atoms with Crippen LogP contribution in [0.5, 0.6) is 5.75 Å². The largest absolute Gasteiger partial charge is 0.495 e. The Morgan fingerprint density at radius 1 is 1.16 bits per heavy atom. The van der Waals surface area contributed by atoms with Crippen LogP contribution in [0.25, 0.3) is 0 Å². The minimum absolute atomic E-state index is 0.446. The molecule has 0 heterocycles. The van der Waals surface area contributed by atoms with Crippen molar-refractivity contribution in [3.05, 3.63) is 59.1 Å². The van der Waals surface area contributed by atoms with Crippen LogP contribution >= 0.6 is 11.6 Å². The SMILES string of the molecule is COc1ccc(NCC(C)c2ccccc2)cc1Cl. The Hall–Kier alpha value is -1.67. The van der Waals surface area contributed by atoms with Crippen LogP contribution in [0.4, 0.5) is 5.69 Å². The number of benzene rings is 2. The third-order valence-electron chi connectivity index (χ3n) is 3.13. The van der Waals surface area contributed by atoms with Crippen molar-refractivity contribution in [1.29, 1.82) is 0 Å². The summed E-state index contributed by atoms with van der Waals surface area (Å²) in [5.41, 5.74) is 2.34. The van der Waals surface area contributed by atoms with E-state index in [-0.39, 0.29) is 0 Å². The molecule has 19 heavy (non-hydrogen) atoms. The Balaban J connectivity index is 1.97. The summed E-state index contributed by atoms with van der Waals surface area (Å²) < 4.78 is 5.14. The van der Waals surface area contributed by atoms with Gasteiger partial charge in [-0.05, 0) is 29.7 Å². The van der Waals surface area contributed by atoms with Crippen LogP contribution in [0.2, 0.25) is 5.02 Å². The molecule has 1 unspecified atom stereocenters. The lowest BCUT2D eigenvalue weighted by molar-refractivity contribution is 0.415. The first-order chi connectivity index (χ1) is 9.20. The summed E-state index contributed by atoms with van der Waals surface area (Å²) >= 11 is 6.10. The highest BCUT2D eigenvalue weighted by Gasteiger charge is 2.06. The summed E-state index contributed by atoms with van der Waals surface area (Å²) in [4.78, 5) is 0. The van der Waals surface area contributed by atoms with Gasteiger partial charge in [-0.3, -0.25) is 0 Å². The van der Waals surface area contributed by atoms with E-state index in [0.717, 1.165) is 12.2 Å². The summed E-state index contributed by atoms with van der Waals surface area (Å²) in [5, 5.41) is 4.02. The van der Waals surface area contributed by atoms with Gasteiger partial charge in [-0.25, -0.2) is 0 Å². The predicted molar refractivity (Wildman–Crippen MR) is 81.4 cm³/mol. The lowest BCUT2D eigenvalue weighted by atomic mass is 10.0. The van der Waals surface area contributed by atoms with Crippen molar-refractivity contribution in [2.45, 2.75) is 12.8 Å². The van der Waals surface area contributed by atoms with Crippen molar-refractivity contribution >= 4 is 17.3 Å². The van der Waals surface area contributed by atoms with E-state index in [1.54, 1.807) is 7.11 Å². The van der Waals surface area contributed by atoms with Crippen LogP contribution < -0.4 is 10.1 Å². The van der Waals surface area contributed by atoms with Gasteiger partial charge in [0.15, 0.2) is 0 Å². The smallest absolute Gasteiger partial charge is 0.137 e. The van der Waals surface area contributed by atoms with E-state index in [1.165, 1.54) is 5.56 Å². The molecule has 0 amide bonds. The molecule has 0 saturated carbocycles. The summed E-state index contributed by atoms with van der Waals surface area (Å²) in [5.74, 6) is 1.14. The second kappa shape index (κ2) is 6.48. The summed E-state index contributed by atoms with van der Waals surface area (Å²) in [6.07, 6.45) is 0. The first-order valence-electron chi connectivity index (χ1n) is 6.33. The Morgan fingerprint density at radius 2 is 1.89 bits per heavy atom. The van der Waals surface area contributed by atoms with E-state index >= 15 is 0 Å². The van der Waals surface area contributed by atoms with Crippen LogP contribution in [0.15, 0.2) is 48.5 Å². The molecule has 0 bridgehead atoms. The topological polar surface area (TPSA) is 21.3 Å². The molecule has 0 aromatic heterocycles. The molecule has 0 radical (unpaired) electrons. The normalized spacial score (nSPS) is 11.9. The van der Waals surface area contributed by atoms with Crippen molar-refractivity contribution in [2.75, 3.05) is 19.0 Å². The summed E-state index contributed by atoms with van der Waals surface area (Å²) in [7, 11) is 1.62. The first-order valence-corrected chi connectivity index (χ1v) is 6.71. The lowest BCUT2D eigenvalue weighted by Crippen LogP contribution is -2.09. The van der Waals surface area contributed by atoms with Crippen molar-refractivity contribution < 1.29 is 4.74 Å². The van der Waals surface area contributed by atoms with E-state index in [4.69, 9.17) is 16.3 Å². The van der Waals surface area contributed by atoms with Crippen LogP contribution in [0.3, 0.4) is 0 Å². The van der Waals surface area contributed by atoms with Crippen LogP contribution in [0, 0.1) is 0 Å². The molecule has 1 atom stereocenters. The van der Waals surface area contributed by atoms with Crippen LogP contribution in [0.1, 0.15) is 18.4 Å². The van der Waals surface area contributed by atoms with Gasteiger partial charge in [0.1, 0.15) is 5.75 Å². The maximum atomic E-state index is 6.10. The van der Waals surface area contributed by atoms with Crippen LogP contribution in [-0.4, -0.2) is 13.7 Å². The Labute approximate surface area is 119 Å². The Bertz CT molecular complexity index is 528. The molecule has 1 N–H and O–H groups in total. The quantitative estimate of drug-likeness (QED) is 0.863. The average Bonchev–Trinajstić information content (AvgIpc) is 2.46. The highest BCUT2D eigenvalue weighted by molar-refractivity contribution is 6.32. The fourth-order valence-corrected chi connectivity index (χ4v) is 2.20. The average molecular weight is 276 g/mol. The monoisotopic (exact) mass is 275 g/mol. The van der Waals surface area contributed by atoms with Crippen molar-refractivity contribution in [3.63, 3.8) is 0 Å². The number of hydrogen-bond acceptors (Lipinski definition) is 2. The summed E-state index contributed by atoms with van der Waals surface area (Å²) in [6, 6.07) is 16.2. The molecule has 100 valence electrons. The first kappa shape index (κ1) is 13.8. The van der Waals surface area contributed by atoms with Crippen molar-refractivity contribution in [2.24, 2.45) is 0 Å². The standard InChI is InChI=1S/C16H18ClNO/c1-12(13-6-4-3-5-7-13)11-18-14-8-9-16(19-2)15(17)10-14/h3-10,12,18H,11H2,1-2H3. The molecule has 0 aliphatic heterocycles. The molecule has 0 spiro atoms. The van der Waals surface area contributed by atoms with E-state index < -0.39 is 0 Å². The third kappa shape index (κ3) is 3.65. The lowest BCUT2D eigenvalue weighted by Gasteiger charge is -2.14. The number of hydrogen-bond donors (Lipinski definition) is 1. The van der Waals surface area contributed by atoms with Crippen molar-refractivity contribution in [1.82, 2.24) is 0 Å². The van der Waals surface area contributed by atoms with Gasteiger partial charge in [-0.1, -0.05) is 48.9 Å². The number of halogens is 1. The van der Waals surface area contributed by atoms with Gasteiger partial charge in [0, 0.05) is 12.2 Å². The molecule has 0 saturated heterocycles. The summed E-state index contributed by atoms with van der Waals surface area (Å²) in [6.45, 7) is 3.07.